The molecule has 0 spiro atoms. The number of benzene rings is 1. The van der Waals surface area contributed by atoms with Gasteiger partial charge >= 0.3 is 6.03 Å². The van der Waals surface area contributed by atoms with Gasteiger partial charge < -0.3 is 15.5 Å². The Balaban J connectivity index is 1.86. The molecule has 1 aromatic heterocycles. The molecule has 0 atom stereocenters. The van der Waals surface area contributed by atoms with E-state index in [1.54, 1.807) is 11.0 Å². The van der Waals surface area contributed by atoms with Crippen LogP contribution in [-0.4, -0.2) is 42.4 Å². The lowest BCUT2D eigenvalue weighted by atomic mass is 9.94. The SMILES string of the molecule is CC(C)(C)c1cc(C(=O)N2CCNC(=O)CC2)c(NC(=O)Nc2ccc(F)c(F)c2Cl)s1. The summed E-state index contributed by atoms with van der Waals surface area (Å²) >= 11 is 7.02. The standard InChI is InChI=1S/C21H23ClF2N4O3S/c1-21(2,3)14-10-11(19(30)28-8-6-15(29)25-7-9-28)18(32-14)27-20(31)26-13-5-4-12(23)17(24)16(13)22/h4-5,10H,6-9H2,1-3H3,(H,25,29)(H2,26,27,31). The predicted molar refractivity (Wildman–Crippen MR) is 121 cm³/mol. The van der Waals surface area contributed by atoms with Crippen LogP contribution < -0.4 is 16.0 Å². The van der Waals surface area contributed by atoms with Crippen LogP contribution in [0.25, 0.3) is 0 Å². The molecule has 3 rings (SSSR count). The molecule has 0 unspecified atom stereocenters. The van der Waals surface area contributed by atoms with Crippen molar-refractivity contribution >= 4 is 51.5 Å². The topological polar surface area (TPSA) is 90.5 Å². The number of hydrogen-bond donors (Lipinski definition) is 3. The summed E-state index contributed by atoms with van der Waals surface area (Å²) in [6, 6.07) is 2.96. The minimum Gasteiger partial charge on any atom is -0.354 e. The van der Waals surface area contributed by atoms with Crippen molar-refractivity contribution in [1.29, 1.82) is 0 Å². The number of nitrogens with one attached hydrogen (secondary N) is 3. The summed E-state index contributed by atoms with van der Waals surface area (Å²) < 4.78 is 27.0. The van der Waals surface area contributed by atoms with Gasteiger partial charge in [-0.2, -0.15) is 0 Å². The molecule has 7 nitrogen and oxygen atoms in total. The third kappa shape index (κ3) is 5.36. The van der Waals surface area contributed by atoms with E-state index in [1.165, 1.54) is 11.3 Å². The van der Waals surface area contributed by atoms with Gasteiger partial charge in [0.25, 0.3) is 5.91 Å². The average molecular weight is 485 g/mol. The Hall–Kier alpha value is -2.72. The maximum absolute atomic E-state index is 13.7. The molecule has 32 heavy (non-hydrogen) atoms. The number of urea groups is 1. The predicted octanol–water partition coefficient (Wildman–Crippen LogP) is 4.58. The molecule has 1 saturated heterocycles. The number of hydrogen-bond acceptors (Lipinski definition) is 4. The van der Waals surface area contributed by atoms with Crippen LogP contribution >= 0.6 is 22.9 Å². The molecule has 0 aliphatic carbocycles. The van der Waals surface area contributed by atoms with E-state index in [4.69, 9.17) is 11.6 Å². The van der Waals surface area contributed by atoms with Crippen molar-refractivity contribution in [2.45, 2.75) is 32.6 Å². The number of thiophene rings is 1. The zero-order valence-electron chi connectivity index (χ0n) is 17.8. The highest BCUT2D eigenvalue weighted by Crippen LogP contribution is 2.37. The quantitative estimate of drug-likeness (QED) is 0.557. The summed E-state index contributed by atoms with van der Waals surface area (Å²) in [4.78, 5) is 39.8. The van der Waals surface area contributed by atoms with E-state index in [2.05, 4.69) is 16.0 Å². The smallest absolute Gasteiger partial charge is 0.324 e. The maximum atomic E-state index is 13.7. The van der Waals surface area contributed by atoms with Gasteiger partial charge in [0.1, 0.15) is 10.0 Å². The van der Waals surface area contributed by atoms with Gasteiger partial charge in [0.15, 0.2) is 11.6 Å². The summed E-state index contributed by atoms with van der Waals surface area (Å²) in [5.41, 5.74) is -0.100. The fourth-order valence-electron chi connectivity index (χ4n) is 3.03. The number of carbonyl (C=O) groups excluding carboxylic acids is 3. The first-order chi connectivity index (χ1) is 15.0. The van der Waals surface area contributed by atoms with Crippen molar-refractivity contribution < 1.29 is 23.2 Å². The highest BCUT2D eigenvalue weighted by atomic mass is 35.5. The Bertz CT molecular complexity index is 1070. The minimum atomic E-state index is -1.27. The number of nitrogens with zero attached hydrogens (tertiary/aromatic N) is 1. The third-order valence-corrected chi connectivity index (χ3v) is 6.66. The Labute approximate surface area is 193 Å². The molecule has 0 bridgehead atoms. The molecule has 1 aliphatic rings. The van der Waals surface area contributed by atoms with Crippen LogP contribution in [0.3, 0.4) is 0 Å². The Morgan fingerprint density at radius 1 is 1.19 bits per heavy atom. The van der Waals surface area contributed by atoms with E-state index in [1.807, 2.05) is 20.8 Å². The zero-order chi connectivity index (χ0) is 23.6. The van der Waals surface area contributed by atoms with Gasteiger partial charge in [-0.3, -0.25) is 14.9 Å². The maximum Gasteiger partial charge on any atom is 0.324 e. The lowest BCUT2D eigenvalue weighted by Gasteiger charge is -2.20. The number of amides is 4. The Morgan fingerprint density at radius 2 is 1.91 bits per heavy atom. The molecule has 0 saturated carbocycles. The Morgan fingerprint density at radius 3 is 2.59 bits per heavy atom. The van der Waals surface area contributed by atoms with Crippen molar-refractivity contribution in [3.8, 4) is 0 Å². The van der Waals surface area contributed by atoms with Crippen LogP contribution in [0.15, 0.2) is 18.2 Å². The summed E-state index contributed by atoms with van der Waals surface area (Å²) in [7, 11) is 0. The highest BCUT2D eigenvalue weighted by Gasteiger charge is 2.28. The first-order valence-electron chi connectivity index (χ1n) is 9.89. The summed E-state index contributed by atoms with van der Waals surface area (Å²) in [5.74, 6) is -2.83. The molecule has 4 amide bonds. The largest absolute Gasteiger partial charge is 0.354 e. The lowest BCUT2D eigenvalue weighted by Crippen LogP contribution is -2.34. The second-order valence-electron chi connectivity index (χ2n) is 8.30. The molecule has 2 heterocycles. The first kappa shape index (κ1) is 23.9. The van der Waals surface area contributed by atoms with E-state index in [0.29, 0.717) is 23.7 Å². The molecule has 1 aromatic carbocycles. The fraction of sp³-hybridized carbons (Fsp3) is 0.381. The normalized spacial score (nSPS) is 14.6. The zero-order valence-corrected chi connectivity index (χ0v) is 19.3. The van der Waals surface area contributed by atoms with E-state index in [0.717, 1.165) is 17.0 Å². The van der Waals surface area contributed by atoms with E-state index < -0.39 is 22.7 Å². The van der Waals surface area contributed by atoms with Gasteiger partial charge in [-0.15, -0.1) is 11.3 Å². The van der Waals surface area contributed by atoms with Crippen LogP contribution in [0.4, 0.5) is 24.3 Å². The van der Waals surface area contributed by atoms with E-state index in [9.17, 15) is 23.2 Å². The van der Waals surface area contributed by atoms with Crippen LogP contribution in [0.1, 0.15) is 42.4 Å². The molecule has 0 radical (unpaired) electrons. The average Bonchev–Trinajstić information content (AvgIpc) is 3.02. The molecule has 11 heteroatoms. The highest BCUT2D eigenvalue weighted by molar-refractivity contribution is 7.16. The number of anilines is 2. The third-order valence-electron chi connectivity index (χ3n) is 4.81. The molecular weight excluding hydrogens is 462 g/mol. The van der Waals surface area contributed by atoms with Gasteiger partial charge in [-0.25, -0.2) is 13.6 Å². The minimum absolute atomic E-state index is 0.111. The molecule has 3 N–H and O–H groups in total. The van der Waals surface area contributed by atoms with Gasteiger partial charge in [-0.1, -0.05) is 32.4 Å². The van der Waals surface area contributed by atoms with Gasteiger partial charge in [0.2, 0.25) is 5.91 Å². The number of halogens is 3. The molecule has 1 aliphatic heterocycles. The van der Waals surface area contributed by atoms with Gasteiger partial charge in [-0.05, 0) is 23.6 Å². The van der Waals surface area contributed by atoms with Crippen molar-refractivity contribution in [1.82, 2.24) is 10.2 Å². The van der Waals surface area contributed by atoms with Crippen LogP contribution in [0, 0.1) is 11.6 Å². The fourth-order valence-corrected chi connectivity index (χ4v) is 4.34. The molecule has 2 aromatic rings. The first-order valence-corrected chi connectivity index (χ1v) is 11.1. The van der Waals surface area contributed by atoms with E-state index >= 15 is 0 Å². The van der Waals surface area contributed by atoms with Crippen molar-refractivity contribution in [3.05, 3.63) is 45.3 Å². The summed E-state index contributed by atoms with van der Waals surface area (Å²) in [6.45, 7) is 6.90. The second-order valence-corrected chi connectivity index (χ2v) is 9.73. The molecular formula is C21H23ClF2N4O3S. The second kappa shape index (κ2) is 9.41. The van der Waals surface area contributed by atoms with Crippen molar-refractivity contribution in [2.75, 3.05) is 30.3 Å². The van der Waals surface area contributed by atoms with Crippen molar-refractivity contribution in [2.24, 2.45) is 0 Å². The van der Waals surface area contributed by atoms with Crippen LogP contribution in [-0.2, 0) is 10.2 Å². The monoisotopic (exact) mass is 484 g/mol. The Kier molecular flexibility index (Phi) is 7.04. The summed E-state index contributed by atoms with van der Waals surface area (Å²) in [6.07, 6.45) is 0.194. The number of carbonyl (C=O) groups is 3. The van der Waals surface area contributed by atoms with Crippen molar-refractivity contribution in [3.63, 3.8) is 0 Å². The van der Waals surface area contributed by atoms with Crippen LogP contribution in [0.5, 0.6) is 0 Å². The lowest BCUT2D eigenvalue weighted by molar-refractivity contribution is -0.120. The summed E-state index contributed by atoms with van der Waals surface area (Å²) in [5, 5.41) is 7.46. The molecule has 172 valence electrons. The van der Waals surface area contributed by atoms with Gasteiger partial charge in [0, 0.05) is 30.9 Å². The van der Waals surface area contributed by atoms with E-state index in [-0.39, 0.29) is 35.9 Å². The molecule has 1 fully saturated rings. The van der Waals surface area contributed by atoms with Gasteiger partial charge in [0.05, 0.1) is 11.3 Å². The van der Waals surface area contributed by atoms with Crippen LogP contribution in [0.2, 0.25) is 5.02 Å². The number of rotatable bonds is 3.